The largest absolute Gasteiger partial charge is 0.478 e. The Morgan fingerprint density at radius 3 is 2.93 bits per heavy atom. The molecule has 2 rings (SSSR count). The van der Waals surface area contributed by atoms with Gasteiger partial charge in [-0.3, -0.25) is 0 Å². The van der Waals surface area contributed by atoms with E-state index in [0.717, 1.165) is 18.7 Å². The molecule has 1 unspecified atom stereocenters. The fourth-order valence-electron chi connectivity index (χ4n) is 2.20. The van der Waals surface area contributed by atoms with Gasteiger partial charge in [-0.15, -0.1) is 0 Å². The third-order valence-electron chi connectivity index (χ3n) is 3.02. The van der Waals surface area contributed by atoms with Crippen molar-refractivity contribution in [1.29, 1.82) is 0 Å². The van der Waals surface area contributed by atoms with Gasteiger partial charge in [0.05, 0.1) is 5.56 Å². The lowest BCUT2D eigenvalue weighted by Gasteiger charge is -2.16. The van der Waals surface area contributed by atoms with E-state index >= 15 is 0 Å². The predicted molar refractivity (Wildman–Crippen MR) is 59.7 cm³/mol. The topological polar surface area (TPSA) is 40.5 Å². The number of fused-ring (bicyclic) bond motifs is 1. The monoisotopic (exact) mass is 205 g/mol. The molecule has 1 N–H and O–H groups in total. The van der Waals surface area contributed by atoms with Crippen LogP contribution in [-0.2, 0) is 0 Å². The van der Waals surface area contributed by atoms with Crippen molar-refractivity contribution in [2.45, 2.75) is 19.8 Å². The average molecular weight is 205 g/mol. The summed E-state index contributed by atoms with van der Waals surface area (Å²) in [5, 5.41) is 8.91. The molecule has 0 spiro atoms. The number of carboxylic acids is 1. The van der Waals surface area contributed by atoms with Gasteiger partial charge >= 0.3 is 5.97 Å². The van der Waals surface area contributed by atoms with Crippen LogP contribution in [0.5, 0.6) is 0 Å². The molecule has 3 heteroatoms. The summed E-state index contributed by atoms with van der Waals surface area (Å²) in [6.07, 6.45) is 0. The predicted octanol–water partition coefficient (Wildman–Crippen LogP) is 2.33. The number of benzene rings is 1. The van der Waals surface area contributed by atoms with Crippen molar-refractivity contribution in [3.05, 3.63) is 29.3 Å². The molecule has 0 amide bonds. The zero-order valence-electron chi connectivity index (χ0n) is 9.03. The van der Waals surface area contributed by atoms with Crippen LogP contribution >= 0.6 is 0 Å². The highest BCUT2D eigenvalue weighted by Gasteiger charge is 2.25. The smallest absolute Gasteiger partial charge is 0.335 e. The van der Waals surface area contributed by atoms with Gasteiger partial charge in [-0.2, -0.15) is 0 Å². The summed E-state index contributed by atoms with van der Waals surface area (Å²) in [5.74, 6) is -0.417. The minimum atomic E-state index is -0.847. The lowest BCUT2D eigenvalue weighted by Crippen LogP contribution is -2.20. The summed E-state index contributed by atoms with van der Waals surface area (Å²) in [7, 11) is 0. The number of aromatic carboxylic acids is 1. The highest BCUT2D eigenvalue weighted by Crippen LogP contribution is 2.36. The van der Waals surface area contributed by atoms with E-state index in [0.29, 0.717) is 11.5 Å². The molecule has 1 heterocycles. The van der Waals surface area contributed by atoms with Crippen molar-refractivity contribution in [3.8, 4) is 0 Å². The average Bonchev–Trinajstić information content (AvgIpc) is 2.55. The molecule has 0 bridgehead atoms. The normalized spacial score (nSPS) is 19.1. The first-order chi connectivity index (χ1) is 7.13. The molecule has 1 aromatic rings. The third-order valence-corrected chi connectivity index (χ3v) is 3.02. The standard InChI is InChI=1S/C12H15NO2/c1-3-13-7-8(2)10-6-9(12(14)15)4-5-11(10)13/h4-6,8H,3,7H2,1-2H3,(H,14,15). The zero-order valence-corrected chi connectivity index (χ0v) is 9.03. The minimum absolute atomic E-state index is 0.388. The number of nitrogens with zero attached hydrogens (tertiary/aromatic N) is 1. The summed E-state index contributed by atoms with van der Waals surface area (Å²) in [5.41, 5.74) is 2.74. The Hall–Kier alpha value is -1.51. The number of carbonyl (C=O) groups is 1. The van der Waals surface area contributed by atoms with Crippen molar-refractivity contribution in [3.63, 3.8) is 0 Å². The van der Waals surface area contributed by atoms with Gasteiger partial charge in [0.2, 0.25) is 0 Å². The molecule has 0 aromatic heterocycles. The van der Waals surface area contributed by atoms with Crippen LogP contribution in [0.25, 0.3) is 0 Å². The van der Waals surface area contributed by atoms with Crippen molar-refractivity contribution < 1.29 is 9.90 Å². The summed E-state index contributed by atoms with van der Waals surface area (Å²) in [6.45, 7) is 6.23. The Balaban J connectivity index is 2.45. The Labute approximate surface area is 89.3 Å². The van der Waals surface area contributed by atoms with E-state index in [1.165, 1.54) is 5.69 Å². The molecule has 1 aliphatic heterocycles. The molecule has 0 saturated heterocycles. The molecular formula is C12H15NO2. The van der Waals surface area contributed by atoms with E-state index in [2.05, 4.69) is 18.7 Å². The van der Waals surface area contributed by atoms with E-state index in [-0.39, 0.29) is 0 Å². The second kappa shape index (κ2) is 3.57. The van der Waals surface area contributed by atoms with Gasteiger partial charge in [0.15, 0.2) is 0 Å². The van der Waals surface area contributed by atoms with Crippen molar-refractivity contribution in [2.24, 2.45) is 0 Å². The van der Waals surface area contributed by atoms with Gasteiger partial charge < -0.3 is 10.0 Å². The Kier molecular flexibility index (Phi) is 2.39. The molecule has 1 aromatic carbocycles. The lowest BCUT2D eigenvalue weighted by molar-refractivity contribution is 0.0697. The number of likely N-dealkylation sites (N-methyl/N-ethyl adjacent to an activating group) is 1. The second-order valence-electron chi connectivity index (χ2n) is 4.02. The first kappa shape index (κ1) is 10.0. The summed E-state index contributed by atoms with van der Waals surface area (Å²) >= 11 is 0. The van der Waals surface area contributed by atoms with Gasteiger partial charge in [-0.1, -0.05) is 6.92 Å². The number of carboxylic acid groups (broad SMARTS) is 1. The Morgan fingerprint density at radius 2 is 2.33 bits per heavy atom. The molecule has 15 heavy (non-hydrogen) atoms. The van der Waals surface area contributed by atoms with Crippen molar-refractivity contribution in [1.82, 2.24) is 0 Å². The van der Waals surface area contributed by atoms with E-state index in [9.17, 15) is 4.79 Å². The summed E-state index contributed by atoms with van der Waals surface area (Å²) in [4.78, 5) is 13.1. The van der Waals surface area contributed by atoms with Gasteiger partial charge in [0, 0.05) is 24.7 Å². The van der Waals surface area contributed by atoms with Crippen LogP contribution < -0.4 is 4.90 Å². The molecule has 0 fully saturated rings. The van der Waals surface area contributed by atoms with Crippen molar-refractivity contribution in [2.75, 3.05) is 18.0 Å². The third kappa shape index (κ3) is 1.58. The quantitative estimate of drug-likeness (QED) is 0.805. The fourth-order valence-corrected chi connectivity index (χ4v) is 2.20. The first-order valence-electron chi connectivity index (χ1n) is 5.25. The van der Waals surface area contributed by atoms with Gasteiger partial charge in [-0.25, -0.2) is 4.79 Å². The molecule has 80 valence electrons. The maximum Gasteiger partial charge on any atom is 0.335 e. The zero-order chi connectivity index (χ0) is 11.0. The summed E-state index contributed by atoms with van der Waals surface area (Å²) in [6, 6.07) is 5.41. The minimum Gasteiger partial charge on any atom is -0.478 e. The number of hydrogen-bond donors (Lipinski definition) is 1. The SMILES string of the molecule is CCN1CC(C)c2cc(C(=O)O)ccc21. The summed E-state index contributed by atoms with van der Waals surface area (Å²) < 4.78 is 0. The molecule has 1 aliphatic rings. The van der Waals surface area contributed by atoms with E-state index in [4.69, 9.17) is 5.11 Å². The molecular weight excluding hydrogens is 190 g/mol. The first-order valence-corrected chi connectivity index (χ1v) is 5.25. The molecule has 3 nitrogen and oxygen atoms in total. The maximum absolute atomic E-state index is 10.8. The van der Waals surface area contributed by atoms with Crippen LogP contribution in [-0.4, -0.2) is 24.2 Å². The highest BCUT2D eigenvalue weighted by molar-refractivity contribution is 5.89. The van der Waals surface area contributed by atoms with Gasteiger partial charge in [0.25, 0.3) is 0 Å². The van der Waals surface area contributed by atoms with E-state index < -0.39 is 5.97 Å². The van der Waals surface area contributed by atoms with E-state index in [1.54, 1.807) is 12.1 Å². The maximum atomic E-state index is 10.8. The molecule has 0 radical (unpaired) electrons. The van der Waals surface area contributed by atoms with Crippen LogP contribution in [0.1, 0.15) is 35.7 Å². The van der Waals surface area contributed by atoms with Gasteiger partial charge in [-0.05, 0) is 30.7 Å². The number of rotatable bonds is 2. The van der Waals surface area contributed by atoms with Crippen molar-refractivity contribution >= 4 is 11.7 Å². The highest BCUT2D eigenvalue weighted by atomic mass is 16.4. The Bertz CT molecular complexity index is 401. The van der Waals surface area contributed by atoms with Crippen LogP contribution in [0.15, 0.2) is 18.2 Å². The second-order valence-corrected chi connectivity index (χ2v) is 4.02. The van der Waals surface area contributed by atoms with Gasteiger partial charge in [0.1, 0.15) is 0 Å². The molecule has 0 saturated carbocycles. The van der Waals surface area contributed by atoms with E-state index in [1.807, 2.05) is 6.07 Å². The number of anilines is 1. The lowest BCUT2D eigenvalue weighted by atomic mass is 10.0. The molecule has 0 aliphatic carbocycles. The number of hydrogen-bond acceptors (Lipinski definition) is 2. The van der Waals surface area contributed by atoms with Crippen LogP contribution in [0.4, 0.5) is 5.69 Å². The van der Waals surface area contributed by atoms with Crippen LogP contribution in [0, 0.1) is 0 Å². The van der Waals surface area contributed by atoms with Crippen LogP contribution in [0.3, 0.4) is 0 Å². The molecule has 1 atom stereocenters. The Morgan fingerprint density at radius 1 is 1.60 bits per heavy atom. The fraction of sp³-hybridized carbons (Fsp3) is 0.417. The van der Waals surface area contributed by atoms with Crippen LogP contribution in [0.2, 0.25) is 0 Å².